The SMILES string of the molecule is c1cc2cnc(N[C@H]3CCNC3)cc2o1. The van der Waals surface area contributed by atoms with Crippen molar-refractivity contribution in [3.63, 3.8) is 0 Å². The Morgan fingerprint density at radius 3 is 3.40 bits per heavy atom. The Labute approximate surface area is 87.7 Å². The van der Waals surface area contributed by atoms with Crippen LogP contribution in [0.15, 0.2) is 29.0 Å². The van der Waals surface area contributed by atoms with Crippen LogP contribution >= 0.6 is 0 Å². The smallest absolute Gasteiger partial charge is 0.139 e. The van der Waals surface area contributed by atoms with E-state index in [0.29, 0.717) is 6.04 Å². The van der Waals surface area contributed by atoms with Crippen molar-refractivity contribution in [3.8, 4) is 0 Å². The van der Waals surface area contributed by atoms with Crippen LogP contribution < -0.4 is 10.6 Å². The zero-order valence-electron chi connectivity index (χ0n) is 8.36. The predicted molar refractivity (Wildman–Crippen MR) is 58.9 cm³/mol. The van der Waals surface area contributed by atoms with Gasteiger partial charge in [-0.1, -0.05) is 0 Å². The first-order valence-electron chi connectivity index (χ1n) is 5.22. The molecule has 15 heavy (non-hydrogen) atoms. The molecule has 0 bridgehead atoms. The van der Waals surface area contributed by atoms with Crippen LogP contribution in [0, 0.1) is 0 Å². The maximum Gasteiger partial charge on any atom is 0.139 e. The molecule has 1 atom stereocenters. The van der Waals surface area contributed by atoms with Gasteiger partial charge in [0.1, 0.15) is 11.4 Å². The molecular formula is C11H13N3O. The normalized spacial score (nSPS) is 20.9. The van der Waals surface area contributed by atoms with Crippen LogP contribution in [0.25, 0.3) is 11.0 Å². The van der Waals surface area contributed by atoms with Gasteiger partial charge in [0.2, 0.25) is 0 Å². The van der Waals surface area contributed by atoms with Crippen molar-refractivity contribution in [1.29, 1.82) is 0 Å². The fraction of sp³-hybridized carbons (Fsp3) is 0.364. The van der Waals surface area contributed by atoms with Crippen molar-refractivity contribution in [2.24, 2.45) is 0 Å². The highest BCUT2D eigenvalue weighted by molar-refractivity contribution is 5.78. The number of hydrogen-bond donors (Lipinski definition) is 2. The molecule has 0 saturated carbocycles. The van der Waals surface area contributed by atoms with Gasteiger partial charge in [0.15, 0.2) is 0 Å². The Morgan fingerprint density at radius 1 is 1.53 bits per heavy atom. The van der Waals surface area contributed by atoms with Crippen LogP contribution in [0.3, 0.4) is 0 Å². The third-order valence-corrected chi connectivity index (χ3v) is 2.75. The number of furan rings is 1. The minimum Gasteiger partial charge on any atom is -0.464 e. The van der Waals surface area contributed by atoms with Crippen molar-refractivity contribution in [1.82, 2.24) is 10.3 Å². The minimum atomic E-state index is 0.491. The lowest BCUT2D eigenvalue weighted by molar-refractivity contribution is 0.615. The predicted octanol–water partition coefficient (Wildman–Crippen LogP) is 1.60. The second-order valence-corrected chi connectivity index (χ2v) is 3.86. The zero-order valence-corrected chi connectivity index (χ0v) is 8.36. The van der Waals surface area contributed by atoms with Crippen LogP contribution in [-0.4, -0.2) is 24.1 Å². The van der Waals surface area contributed by atoms with E-state index in [1.54, 1.807) is 6.26 Å². The first kappa shape index (κ1) is 8.73. The van der Waals surface area contributed by atoms with E-state index in [-0.39, 0.29) is 0 Å². The fourth-order valence-electron chi connectivity index (χ4n) is 1.92. The highest BCUT2D eigenvalue weighted by Gasteiger charge is 2.14. The van der Waals surface area contributed by atoms with E-state index in [1.807, 2.05) is 18.3 Å². The molecule has 78 valence electrons. The topological polar surface area (TPSA) is 50.1 Å². The zero-order chi connectivity index (χ0) is 10.1. The molecule has 0 amide bonds. The van der Waals surface area contributed by atoms with E-state index in [1.165, 1.54) is 0 Å². The van der Waals surface area contributed by atoms with E-state index >= 15 is 0 Å². The maximum absolute atomic E-state index is 5.33. The van der Waals surface area contributed by atoms with Gasteiger partial charge in [-0.3, -0.25) is 0 Å². The Hall–Kier alpha value is -1.55. The standard InChI is InChI=1S/C11H13N3O/c1-3-12-7-9(1)14-11-5-10-8(6-13-11)2-4-15-10/h2,4-6,9,12H,1,3,7H2,(H,13,14)/t9-/m0/s1. The van der Waals surface area contributed by atoms with E-state index in [4.69, 9.17) is 4.42 Å². The number of hydrogen-bond acceptors (Lipinski definition) is 4. The van der Waals surface area contributed by atoms with Gasteiger partial charge in [-0.25, -0.2) is 4.98 Å². The van der Waals surface area contributed by atoms with Gasteiger partial charge in [-0.2, -0.15) is 0 Å². The molecule has 1 saturated heterocycles. The van der Waals surface area contributed by atoms with Gasteiger partial charge < -0.3 is 15.1 Å². The van der Waals surface area contributed by atoms with E-state index < -0.39 is 0 Å². The van der Waals surface area contributed by atoms with E-state index in [2.05, 4.69) is 15.6 Å². The van der Waals surface area contributed by atoms with Crippen molar-refractivity contribution < 1.29 is 4.42 Å². The number of nitrogens with one attached hydrogen (secondary N) is 2. The maximum atomic E-state index is 5.33. The summed E-state index contributed by atoms with van der Waals surface area (Å²) in [5.74, 6) is 0.895. The summed E-state index contributed by atoms with van der Waals surface area (Å²) >= 11 is 0. The van der Waals surface area contributed by atoms with Crippen molar-refractivity contribution in [3.05, 3.63) is 24.6 Å². The summed E-state index contributed by atoms with van der Waals surface area (Å²) in [6.07, 6.45) is 4.68. The molecule has 1 aliphatic heterocycles. The molecule has 1 fully saturated rings. The lowest BCUT2D eigenvalue weighted by Crippen LogP contribution is -2.22. The summed E-state index contributed by atoms with van der Waals surface area (Å²) in [5.41, 5.74) is 0.887. The molecule has 1 aliphatic rings. The molecule has 0 spiro atoms. The van der Waals surface area contributed by atoms with Crippen LogP contribution in [0.4, 0.5) is 5.82 Å². The second-order valence-electron chi connectivity index (χ2n) is 3.86. The number of anilines is 1. The van der Waals surface area contributed by atoms with Gasteiger partial charge in [-0.05, 0) is 19.0 Å². The molecular weight excluding hydrogens is 190 g/mol. The Morgan fingerprint density at radius 2 is 2.53 bits per heavy atom. The summed E-state index contributed by atoms with van der Waals surface area (Å²) in [7, 11) is 0. The average Bonchev–Trinajstić information content (AvgIpc) is 2.87. The number of nitrogens with zero attached hydrogens (tertiary/aromatic N) is 1. The lowest BCUT2D eigenvalue weighted by atomic mass is 10.2. The van der Waals surface area contributed by atoms with E-state index in [0.717, 1.165) is 36.3 Å². The van der Waals surface area contributed by atoms with Crippen molar-refractivity contribution in [2.45, 2.75) is 12.5 Å². The highest BCUT2D eigenvalue weighted by atomic mass is 16.3. The third kappa shape index (κ3) is 1.68. The molecule has 2 N–H and O–H groups in total. The highest BCUT2D eigenvalue weighted by Crippen LogP contribution is 2.18. The Bertz CT molecular complexity index is 460. The molecule has 0 aliphatic carbocycles. The van der Waals surface area contributed by atoms with Gasteiger partial charge >= 0.3 is 0 Å². The second kappa shape index (κ2) is 3.55. The van der Waals surface area contributed by atoms with Crippen LogP contribution in [0.2, 0.25) is 0 Å². The molecule has 0 aromatic carbocycles. The van der Waals surface area contributed by atoms with Crippen LogP contribution in [0.5, 0.6) is 0 Å². The molecule has 3 rings (SSSR count). The van der Waals surface area contributed by atoms with Crippen LogP contribution in [0.1, 0.15) is 6.42 Å². The molecule has 0 unspecified atom stereocenters. The van der Waals surface area contributed by atoms with Gasteiger partial charge in [0, 0.05) is 30.2 Å². The molecule has 2 aromatic heterocycles. The lowest BCUT2D eigenvalue weighted by Gasteiger charge is -2.11. The summed E-state index contributed by atoms with van der Waals surface area (Å²) in [6, 6.07) is 4.36. The van der Waals surface area contributed by atoms with Crippen molar-refractivity contribution in [2.75, 3.05) is 18.4 Å². The number of aromatic nitrogens is 1. The minimum absolute atomic E-state index is 0.491. The first-order valence-corrected chi connectivity index (χ1v) is 5.22. The number of pyridine rings is 1. The number of fused-ring (bicyclic) bond motifs is 1. The molecule has 4 heteroatoms. The Kier molecular flexibility index (Phi) is 2.07. The van der Waals surface area contributed by atoms with E-state index in [9.17, 15) is 0 Å². The largest absolute Gasteiger partial charge is 0.464 e. The van der Waals surface area contributed by atoms with Crippen molar-refractivity contribution >= 4 is 16.8 Å². The van der Waals surface area contributed by atoms with Crippen LogP contribution in [-0.2, 0) is 0 Å². The average molecular weight is 203 g/mol. The molecule has 0 radical (unpaired) electrons. The first-order chi connectivity index (χ1) is 7.42. The summed E-state index contributed by atoms with van der Waals surface area (Å²) < 4.78 is 5.33. The van der Waals surface area contributed by atoms with Gasteiger partial charge in [-0.15, -0.1) is 0 Å². The van der Waals surface area contributed by atoms with Gasteiger partial charge in [0.25, 0.3) is 0 Å². The van der Waals surface area contributed by atoms with Gasteiger partial charge in [0.05, 0.1) is 6.26 Å². The third-order valence-electron chi connectivity index (χ3n) is 2.75. The monoisotopic (exact) mass is 203 g/mol. The summed E-state index contributed by atoms with van der Waals surface area (Å²) in [6.45, 7) is 2.10. The molecule has 4 nitrogen and oxygen atoms in total. The number of rotatable bonds is 2. The quantitative estimate of drug-likeness (QED) is 0.778. The summed E-state index contributed by atoms with van der Waals surface area (Å²) in [4.78, 5) is 4.34. The Balaban J connectivity index is 1.84. The molecule has 3 heterocycles. The molecule has 2 aromatic rings. The summed E-state index contributed by atoms with van der Waals surface area (Å²) in [5, 5.41) is 7.75. The fourth-order valence-corrected chi connectivity index (χ4v) is 1.92.